The van der Waals surface area contributed by atoms with Gasteiger partial charge in [-0.05, 0) is 43.3 Å². The van der Waals surface area contributed by atoms with E-state index in [2.05, 4.69) is 9.97 Å². The minimum Gasteiger partial charge on any atom is -0.334 e. The Bertz CT molecular complexity index is 903. The summed E-state index contributed by atoms with van der Waals surface area (Å²) >= 11 is 7.04. The van der Waals surface area contributed by atoms with Crippen LogP contribution in [-0.4, -0.2) is 44.4 Å². The Hall–Kier alpha value is -1.60. The maximum absolute atomic E-state index is 13.1. The zero-order chi connectivity index (χ0) is 16.7. The molecule has 24 heavy (non-hydrogen) atoms. The molecule has 1 saturated heterocycles. The van der Waals surface area contributed by atoms with Crippen molar-refractivity contribution < 1.29 is 4.79 Å². The molecule has 1 aliphatic heterocycles. The summed E-state index contributed by atoms with van der Waals surface area (Å²) < 4.78 is 0.277. The van der Waals surface area contributed by atoms with Crippen molar-refractivity contribution in [3.8, 4) is 0 Å². The molecule has 2 aromatic rings. The molecule has 0 radical (unpaired) electrons. The van der Waals surface area contributed by atoms with Crippen LogP contribution in [0.4, 0.5) is 0 Å². The number of aromatic nitrogens is 2. The molecule has 4 rings (SSSR count). The monoisotopic (exact) mass is 361 g/mol. The fourth-order valence-electron chi connectivity index (χ4n) is 3.82. The Kier molecular flexibility index (Phi) is 4.22. The van der Waals surface area contributed by atoms with Crippen molar-refractivity contribution in [3.05, 3.63) is 38.9 Å². The van der Waals surface area contributed by atoms with Crippen LogP contribution in [0.1, 0.15) is 36.0 Å². The van der Waals surface area contributed by atoms with Gasteiger partial charge in [-0.1, -0.05) is 12.8 Å². The van der Waals surface area contributed by atoms with Gasteiger partial charge in [-0.25, -0.2) is 0 Å². The number of H-pyrrole nitrogens is 2. The number of fused-ring (bicyclic) bond motifs is 2. The quantitative estimate of drug-likeness (QED) is 0.766. The lowest BCUT2D eigenvalue weighted by molar-refractivity contribution is 0.0646. The molecule has 2 atom stereocenters. The number of carbonyl (C=O) groups excluding carboxylic acids is 1. The Balaban J connectivity index is 1.70. The normalized spacial score (nSPS) is 23.9. The van der Waals surface area contributed by atoms with Gasteiger partial charge in [0.15, 0.2) is 4.77 Å². The van der Waals surface area contributed by atoms with Crippen LogP contribution in [0.2, 0.25) is 0 Å². The zero-order valence-corrected chi connectivity index (χ0v) is 14.8. The molecule has 2 heterocycles. The first-order valence-corrected chi connectivity index (χ1v) is 9.78. The fraction of sp³-hybridized carbons (Fsp3) is 0.471. The van der Waals surface area contributed by atoms with E-state index in [1.807, 2.05) is 16.7 Å². The SMILES string of the molecule is O=C(c1ccc2c(=O)[nH]c(=S)[nH]c2c1)N1CCS[C@@H]2CCCC[C@H]21. The third-order valence-electron chi connectivity index (χ3n) is 4.98. The Morgan fingerprint density at radius 2 is 2.08 bits per heavy atom. The molecule has 2 N–H and O–H groups in total. The van der Waals surface area contributed by atoms with Gasteiger partial charge in [0.05, 0.1) is 10.9 Å². The first kappa shape index (κ1) is 15.9. The molecule has 0 unspecified atom stereocenters. The van der Waals surface area contributed by atoms with Crippen molar-refractivity contribution in [2.45, 2.75) is 37.0 Å². The number of carbonyl (C=O) groups is 1. The highest BCUT2D eigenvalue weighted by atomic mass is 32.2. The number of rotatable bonds is 1. The van der Waals surface area contributed by atoms with Crippen LogP contribution in [0.25, 0.3) is 10.9 Å². The number of nitrogens with zero attached hydrogens (tertiary/aromatic N) is 1. The van der Waals surface area contributed by atoms with Gasteiger partial charge in [0.25, 0.3) is 11.5 Å². The molecule has 1 aliphatic carbocycles. The summed E-state index contributed by atoms with van der Waals surface area (Å²) in [6.45, 7) is 0.800. The van der Waals surface area contributed by atoms with Crippen molar-refractivity contribution >= 4 is 40.8 Å². The molecule has 1 aromatic heterocycles. The summed E-state index contributed by atoms with van der Waals surface area (Å²) in [7, 11) is 0. The number of amides is 1. The average molecular weight is 361 g/mol. The van der Waals surface area contributed by atoms with Crippen molar-refractivity contribution in [2.24, 2.45) is 0 Å². The Labute approximate surface area is 148 Å². The third-order valence-corrected chi connectivity index (χ3v) is 6.58. The van der Waals surface area contributed by atoms with E-state index in [4.69, 9.17) is 12.2 Å². The van der Waals surface area contributed by atoms with Crippen molar-refractivity contribution in [1.82, 2.24) is 14.9 Å². The zero-order valence-electron chi connectivity index (χ0n) is 13.2. The van der Waals surface area contributed by atoms with E-state index in [9.17, 15) is 9.59 Å². The lowest BCUT2D eigenvalue weighted by Crippen LogP contribution is -2.51. The Morgan fingerprint density at radius 3 is 2.96 bits per heavy atom. The molecule has 7 heteroatoms. The van der Waals surface area contributed by atoms with Gasteiger partial charge in [-0.15, -0.1) is 0 Å². The van der Waals surface area contributed by atoms with Crippen LogP contribution in [0.3, 0.4) is 0 Å². The number of aromatic amines is 2. The van der Waals surface area contributed by atoms with Crippen molar-refractivity contribution in [2.75, 3.05) is 12.3 Å². The van der Waals surface area contributed by atoms with E-state index in [0.29, 0.717) is 27.8 Å². The average Bonchev–Trinajstić information content (AvgIpc) is 2.60. The number of hydrogen-bond donors (Lipinski definition) is 2. The van der Waals surface area contributed by atoms with Gasteiger partial charge in [0.1, 0.15) is 0 Å². The van der Waals surface area contributed by atoms with Crippen LogP contribution >= 0.6 is 24.0 Å². The molecule has 1 saturated carbocycles. The lowest BCUT2D eigenvalue weighted by Gasteiger charge is -2.43. The molecule has 1 aromatic carbocycles. The van der Waals surface area contributed by atoms with Gasteiger partial charge in [0.2, 0.25) is 0 Å². The predicted octanol–water partition coefficient (Wildman–Crippen LogP) is 3.09. The molecule has 0 spiro atoms. The standard InChI is InChI=1S/C17H19N3O2S2/c21-15-11-6-5-10(9-12(11)18-17(23)19-15)16(22)20-7-8-24-14-4-2-1-3-13(14)20/h5-6,9,13-14H,1-4,7-8H2,(H2,18,19,21,23)/t13-,14-/m1/s1. The van der Waals surface area contributed by atoms with E-state index in [1.165, 1.54) is 19.3 Å². The maximum Gasteiger partial charge on any atom is 0.259 e. The van der Waals surface area contributed by atoms with Crippen LogP contribution in [0.15, 0.2) is 23.0 Å². The van der Waals surface area contributed by atoms with Crippen LogP contribution < -0.4 is 5.56 Å². The second kappa shape index (κ2) is 6.37. The highest BCUT2D eigenvalue weighted by Gasteiger charge is 2.36. The largest absolute Gasteiger partial charge is 0.334 e. The van der Waals surface area contributed by atoms with Crippen molar-refractivity contribution in [3.63, 3.8) is 0 Å². The van der Waals surface area contributed by atoms with E-state index >= 15 is 0 Å². The summed E-state index contributed by atoms with van der Waals surface area (Å²) in [4.78, 5) is 32.6. The minimum absolute atomic E-state index is 0.0636. The minimum atomic E-state index is -0.227. The fourth-order valence-corrected chi connectivity index (χ4v) is 5.46. The highest BCUT2D eigenvalue weighted by molar-refractivity contribution is 8.00. The van der Waals surface area contributed by atoms with Crippen LogP contribution in [-0.2, 0) is 0 Å². The molecule has 1 amide bonds. The van der Waals surface area contributed by atoms with Crippen LogP contribution in [0, 0.1) is 4.77 Å². The highest BCUT2D eigenvalue weighted by Crippen LogP contribution is 2.36. The topological polar surface area (TPSA) is 69.0 Å². The summed E-state index contributed by atoms with van der Waals surface area (Å²) in [6, 6.07) is 5.54. The summed E-state index contributed by atoms with van der Waals surface area (Å²) in [5.74, 6) is 1.07. The predicted molar refractivity (Wildman–Crippen MR) is 99.3 cm³/mol. The van der Waals surface area contributed by atoms with E-state index < -0.39 is 0 Å². The first-order chi connectivity index (χ1) is 11.6. The van der Waals surface area contributed by atoms with E-state index in [-0.39, 0.29) is 16.2 Å². The molecular weight excluding hydrogens is 342 g/mol. The third kappa shape index (κ3) is 2.80. The van der Waals surface area contributed by atoms with Crippen molar-refractivity contribution in [1.29, 1.82) is 0 Å². The van der Waals surface area contributed by atoms with E-state index in [0.717, 1.165) is 18.7 Å². The molecule has 5 nitrogen and oxygen atoms in total. The molecular formula is C17H19N3O2S2. The molecule has 126 valence electrons. The van der Waals surface area contributed by atoms with Gasteiger partial charge < -0.3 is 9.88 Å². The van der Waals surface area contributed by atoms with Gasteiger partial charge in [-0.3, -0.25) is 14.6 Å². The lowest BCUT2D eigenvalue weighted by atomic mass is 9.92. The number of nitrogens with one attached hydrogen (secondary N) is 2. The Morgan fingerprint density at radius 1 is 1.25 bits per heavy atom. The molecule has 2 aliphatic rings. The van der Waals surface area contributed by atoms with Gasteiger partial charge >= 0.3 is 0 Å². The molecule has 2 fully saturated rings. The second-order valence-electron chi connectivity index (χ2n) is 6.43. The van der Waals surface area contributed by atoms with E-state index in [1.54, 1.807) is 18.2 Å². The van der Waals surface area contributed by atoms with Crippen LogP contribution in [0.5, 0.6) is 0 Å². The number of hydrogen-bond acceptors (Lipinski definition) is 4. The number of benzene rings is 1. The molecule has 0 bridgehead atoms. The summed E-state index contributed by atoms with van der Waals surface area (Å²) in [5, 5.41) is 1.09. The second-order valence-corrected chi connectivity index (χ2v) is 8.18. The summed E-state index contributed by atoms with van der Waals surface area (Å²) in [5.41, 5.74) is 1.01. The number of thioether (sulfide) groups is 1. The summed E-state index contributed by atoms with van der Waals surface area (Å²) in [6.07, 6.45) is 4.77. The van der Waals surface area contributed by atoms with Gasteiger partial charge in [-0.2, -0.15) is 11.8 Å². The van der Waals surface area contributed by atoms with Gasteiger partial charge in [0, 0.05) is 29.2 Å². The smallest absolute Gasteiger partial charge is 0.259 e. The first-order valence-electron chi connectivity index (χ1n) is 8.32. The maximum atomic E-state index is 13.1.